The molecule has 0 aliphatic carbocycles. The number of nitrogens with zero attached hydrogens (tertiary/aromatic N) is 1. The van der Waals surface area contributed by atoms with Crippen LogP contribution in [0.1, 0.15) is 187 Å². The normalized spacial score (nSPS) is 13.4. The van der Waals surface area contributed by atoms with Crippen molar-refractivity contribution in [1.82, 2.24) is 0 Å². The summed E-state index contributed by atoms with van der Waals surface area (Å²) in [4.78, 5) is 0. The summed E-state index contributed by atoms with van der Waals surface area (Å²) in [7, 11) is 1.91. The van der Waals surface area contributed by atoms with Crippen molar-refractivity contribution in [2.24, 2.45) is 0 Å². The first-order valence-electron chi connectivity index (χ1n) is 16.2. The van der Waals surface area contributed by atoms with Gasteiger partial charge in [-0.15, -0.1) is 0 Å². The minimum atomic E-state index is -0.00377. The van der Waals surface area contributed by atoms with Gasteiger partial charge >= 0.3 is 0 Å². The van der Waals surface area contributed by atoms with E-state index in [0.29, 0.717) is 0 Å². The zero-order chi connectivity index (χ0) is 25.0. The van der Waals surface area contributed by atoms with Crippen molar-refractivity contribution in [3.63, 3.8) is 0 Å². The highest BCUT2D eigenvalue weighted by Gasteiger charge is 2.09. The molecule has 0 spiro atoms. The predicted molar refractivity (Wildman–Crippen MR) is 155 cm³/mol. The van der Waals surface area contributed by atoms with E-state index in [9.17, 15) is 5.21 Å². The largest absolute Gasteiger partial charge is 0.633 e. The molecule has 0 bridgehead atoms. The molecule has 0 saturated heterocycles. The second kappa shape index (κ2) is 27.5. The first-order chi connectivity index (χ1) is 16.6. The Hall–Kier alpha value is -0.0800. The average molecular weight is 482 g/mol. The van der Waals surface area contributed by atoms with E-state index < -0.39 is 0 Å². The molecule has 2 nitrogen and oxygen atoms in total. The van der Waals surface area contributed by atoms with Gasteiger partial charge in [-0.2, -0.15) is 0 Å². The van der Waals surface area contributed by atoms with Crippen molar-refractivity contribution in [2.75, 3.05) is 20.1 Å². The van der Waals surface area contributed by atoms with E-state index in [1.165, 1.54) is 161 Å². The van der Waals surface area contributed by atoms with Gasteiger partial charge < -0.3 is 9.85 Å². The summed E-state index contributed by atoms with van der Waals surface area (Å²) in [6.45, 7) is 6.24. The summed E-state index contributed by atoms with van der Waals surface area (Å²) in [6.07, 6.45) is 37.2. The van der Waals surface area contributed by atoms with Gasteiger partial charge in [-0.25, -0.2) is 0 Å². The van der Waals surface area contributed by atoms with Crippen LogP contribution in [0.4, 0.5) is 0 Å². The highest BCUT2D eigenvalue weighted by Crippen LogP contribution is 2.15. The van der Waals surface area contributed by atoms with Crippen LogP contribution >= 0.6 is 0 Å². The van der Waals surface area contributed by atoms with Crippen LogP contribution in [0.5, 0.6) is 0 Å². The fraction of sp³-hybridized carbons (Fsp3) is 1.00. The fourth-order valence-corrected chi connectivity index (χ4v) is 5.22. The Morgan fingerprint density at radius 2 is 0.500 bits per heavy atom. The van der Waals surface area contributed by atoms with Crippen molar-refractivity contribution in [3.8, 4) is 0 Å². The Balaban J connectivity index is 3.27. The SMILES string of the molecule is CCCCCCCCCCCCCCCCC[N+](C)([O-])CCCCCCCCCCCCCC. The number of hydrogen-bond donors (Lipinski definition) is 0. The fourth-order valence-electron chi connectivity index (χ4n) is 5.22. The maximum absolute atomic E-state index is 12.7. The molecule has 0 aromatic heterocycles. The molecule has 1 unspecified atom stereocenters. The summed E-state index contributed by atoms with van der Waals surface area (Å²) in [5, 5.41) is 12.7. The third-order valence-corrected chi connectivity index (χ3v) is 7.72. The first-order valence-corrected chi connectivity index (χ1v) is 16.2. The minimum absolute atomic E-state index is 0.00377. The molecule has 0 saturated carbocycles. The Morgan fingerprint density at radius 3 is 0.706 bits per heavy atom. The number of rotatable bonds is 29. The van der Waals surface area contributed by atoms with Crippen LogP contribution in [0.25, 0.3) is 0 Å². The molecule has 0 heterocycles. The quantitative estimate of drug-likeness (QED) is 0.0591. The van der Waals surface area contributed by atoms with Gasteiger partial charge in [-0.3, -0.25) is 0 Å². The van der Waals surface area contributed by atoms with E-state index >= 15 is 0 Å². The van der Waals surface area contributed by atoms with Gasteiger partial charge in [0.25, 0.3) is 0 Å². The second-order valence-corrected chi connectivity index (χ2v) is 11.6. The number of quaternary nitrogens is 1. The van der Waals surface area contributed by atoms with Crippen LogP contribution in [0.15, 0.2) is 0 Å². The Morgan fingerprint density at radius 1 is 0.324 bits per heavy atom. The van der Waals surface area contributed by atoms with Gasteiger partial charge in [0, 0.05) is 0 Å². The maximum Gasteiger partial charge on any atom is 0.0781 e. The van der Waals surface area contributed by atoms with Crippen molar-refractivity contribution in [1.29, 1.82) is 0 Å². The van der Waals surface area contributed by atoms with E-state index in [2.05, 4.69) is 13.8 Å². The molecule has 0 aromatic carbocycles. The van der Waals surface area contributed by atoms with Gasteiger partial charge in [-0.05, 0) is 25.7 Å². The van der Waals surface area contributed by atoms with Crippen LogP contribution in [-0.4, -0.2) is 24.8 Å². The van der Waals surface area contributed by atoms with Crippen molar-refractivity contribution >= 4 is 0 Å². The number of hydroxylamine groups is 3. The van der Waals surface area contributed by atoms with Crippen LogP contribution in [0.3, 0.4) is 0 Å². The van der Waals surface area contributed by atoms with Crippen LogP contribution in [0.2, 0.25) is 0 Å². The predicted octanol–water partition coefficient (Wildman–Crippen LogP) is 11.5. The number of unbranched alkanes of at least 4 members (excludes halogenated alkanes) is 25. The van der Waals surface area contributed by atoms with Gasteiger partial charge in [-0.1, -0.05) is 162 Å². The Bertz CT molecular complexity index is 368. The summed E-state index contributed by atoms with van der Waals surface area (Å²) in [5.41, 5.74) is 0. The standard InChI is InChI=1S/C32H67NO/c1-4-6-8-10-12-14-16-18-19-20-22-24-26-28-30-32-33(3,34)31-29-27-25-23-21-17-15-13-11-9-7-5-2/h4-32H2,1-3H3. The second-order valence-electron chi connectivity index (χ2n) is 11.6. The minimum Gasteiger partial charge on any atom is -0.633 e. The molecule has 0 rings (SSSR count). The summed E-state index contributed by atoms with van der Waals surface area (Å²) in [5.74, 6) is 0. The Kier molecular flexibility index (Phi) is 27.4. The molecule has 34 heavy (non-hydrogen) atoms. The molecule has 0 fully saturated rings. The molecule has 0 aromatic rings. The molecular weight excluding hydrogens is 414 g/mol. The highest BCUT2D eigenvalue weighted by atomic mass is 16.5. The molecule has 206 valence electrons. The van der Waals surface area contributed by atoms with Gasteiger partial charge in [0.1, 0.15) is 0 Å². The van der Waals surface area contributed by atoms with Crippen LogP contribution in [0, 0.1) is 5.21 Å². The third-order valence-electron chi connectivity index (χ3n) is 7.72. The van der Waals surface area contributed by atoms with Crippen molar-refractivity contribution in [3.05, 3.63) is 5.21 Å². The van der Waals surface area contributed by atoms with E-state index in [-0.39, 0.29) is 4.65 Å². The third kappa shape index (κ3) is 28.2. The average Bonchev–Trinajstić information content (AvgIpc) is 2.82. The molecule has 1 atom stereocenters. The lowest BCUT2D eigenvalue weighted by Gasteiger charge is -2.39. The molecule has 0 aliphatic rings. The summed E-state index contributed by atoms with van der Waals surface area (Å²) < 4.78 is -0.00377. The highest BCUT2D eigenvalue weighted by molar-refractivity contribution is 4.52. The summed E-state index contributed by atoms with van der Waals surface area (Å²) in [6, 6.07) is 0. The smallest absolute Gasteiger partial charge is 0.0781 e. The molecule has 0 N–H and O–H groups in total. The monoisotopic (exact) mass is 482 g/mol. The van der Waals surface area contributed by atoms with E-state index in [4.69, 9.17) is 0 Å². The van der Waals surface area contributed by atoms with E-state index in [0.717, 1.165) is 25.9 Å². The zero-order valence-electron chi connectivity index (χ0n) is 24.4. The number of hydrogen-bond acceptors (Lipinski definition) is 1. The van der Waals surface area contributed by atoms with Crippen LogP contribution < -0.4 is 0 Å². The van der Waals surface area contributed by atoms with Gasteiger partial charge in [0.2, 0.25) is 0 Å². The lowest BCUT2D eigenvalue weighted by molar-refractivity contribution is -0.861. The molecular formula is C32H67NO. The zero-order valence-corrected chi connectivity index (χ0v) is 24.4. The lowest BCUT2D eigenvalue weighted by Crippen LogP contribution is -2.39. The van der Waals surface area contributed by atoms with E-state index in [1.807, 2.05) is 7.05 Å². The molecule has 0 amide bonds. The first kappa shape index (κ1) is 33.9. The van der Waals surface area contributed by atoms with Crippen molar-refractivity contribution < 1.29 is 4.65 Å². The summed E-state index contributed by atoms with van der Waals surface area (Å²) >= 11 is 0. The topological polar surface area (TPSA) is 23.1 Å². The van der Waals surface area contributed by atoms with Gasteiger partial charge in [0.15, 0.2) is 0 Å². The van der Waals surface area contributed by atoms with Gasteiger partial charge in [0.05, 0.1) is 20.1 Å². The maximum atomic E-state index is 12.7. The lowest BCUT2D eigenvalue weighted by atomic mass is 10.0. The molecule has 0 radical (unpaired) electrons. The van der Waals surface area contributed by atoms with E-state index in [1.54, 1.807) is 0 Å². The van der Waals surface area contributed by atoms with Crippen molar-refractivity contribution in [2.45, 2.75) is 187 Å². The molecule has 2 heteroatoms. The molecule has 0 aliphatic heterocycles. The van der Waals surface area contributed by atoms with Crippen LogP contribution in [-0.2, 0) is 0 Å². The Labute approximate surface area is 217 Å².